The van der Waals surface area contributed by atoms with Crippen molar-refractivity contribution in [1.82, 2.24) is 0 Å². The van der Waals surface area contributed by atoms with Crippen molar-refractivity contribution in [3.63, 3.8) is 0 Å². The van der Waals surface area contributed by atoms with E-state index in [1.165, 1.54) is 0 Å². The van der Waals surface area contributed by atoms with E-state index >= 15 is 0 Å². The predicted molar refractivity (Wildman–Crippen MR) is 41.9 cm³/mol. The van der Waals surface area contributed by atoms with Crippen LogP contribution >= 0.6 is 0 Å². The van der Waals surface area contributed by atoms with Gasteiger partial charge in [0.05, 0.1) is 30.5 Å². The number of hydrogen-bond donors (Lipinski definition) is 3. The summed E-state index contributed by atoms with van der Waals surface area (Å²) < 4.78 is 0. The zero-order valence-corrected chi connectivity index (χ0v) is 15.0. The summed E-state index contributed by atoms with van der Waals surface area (Å²) in [6.45, 7) is 1.13. The average Bonchev–Trinajstić information content (AvgIpc) is 2.03. The molecule has 0 spiro atoms. The van der Waals surface area contributed by atoms with Crippen molar-refractivity contribution in [2.24, 2.45) is 5.73 Å². The van der Waals surface area contributed by atoms with Crippen LogP contribution in [0.1, 0.15) is 13.3 Å². The molecule has 0 heterocycles. The molecule has 0 bridgehead atoms. The Morgan fingerprint density at radius 2 is 1.53 bits per heavy atom. The van der Waals surface area contributed by atoms with Crippen molar-refractivity contribution in [1.29, 1.82) is 0 Å². The van der Waals surface area contributed by atoms with Gasteiger partial charge < -0.3 is 35.7 Å². The molecule has 2 atom stereocenters. The molecule has 0 amide bonds. The second-order valence-electron chi connectivity index (χ2n) is 2.52. The number of nitrogens with two attached hydrogens (primary N) is 1. The molecule has 0 aromatic rings. The van der Waals surface area contributed by atoms with Gasteiger partial charge in [-0.3, -0.25) is 4.79 Å². The first-order valence-electron chi connectivity index (χ1n) is 3.75. The molecule has 4 N–H and O–H groups in total. The van der Waals surface area contributed by atoms with Crippen LogP contribution in [0.5, 0.6) is 0 Å². The van der Waals surface area contributed by atoms with Crippen molar-refractivity contribution in [3.8, 4) is 0 Å². The SMILES string of the molecule is CC(O)C(=O)[O-].N[C@@H](CC(=O)O)C(=O)[O-].[K+].[Na+]. The summed E-state index contributed by atoms with van der Waals surface area (Å²) in [4.78, 5) is 28.8. The number of hydrogen-bond acceptors (Lipinski definition) is 7. The molecule has 0 aliphatic rings. The molecular weight excluding hydrogens is 272 g/mol. The molecule has 0 saturated carbocycles. The van der Waals surface area contributed by atoms with E-state index in [0.29, 0.717) is 0 Å². The van der Waals surface area contributed by atoms with Crippen molar-refractivity contribution in [3.05, 3.63) is 0 Å². The second kappa shape index (κ2) is 15.0. The van der Waals surface area contributed by atoms with Gasteiger partial charge in [0.15, 0.2) is 0 Å². The predicted octanol–water partition coefficient (Wildman–Crippen LogP) is -10.3. The van der Waals surface area contributed by atoms with Gasteiger partial charge in [0.1, 0.15) is 0 Å². The third-order valence-electron chi connectivity index (χ3n) is 1.04. The fourth-order valence-corrected chi connectivity index (χ4v) is 0.271. The van der Waals surface area contributed by atoms with Crippen molar-refractivity contribution < 1.29 is 116 Å². The third kappa shape index (κ3) is 22.6. The second-order valence-corrected chi connectivity index (χ2v) is 2.52. The summed E-state index contributed by atoms with van der Waals surface area (Å²) in [6, 6.07) is -1.40. The van der Waals surface area contributed by atoms with Gasteiger partial charge in [-0.15, -0.1) is 0 Å². The summed E-state index contributed by atoms with van der Waals surface area (Å²) in [5.74, 6) is -4.22. The fraction of sp³-hybridized carbons (Fsp3) is 0.571. The summed E-state index contributed by atoms with van der Waals surface area (Å²) in [5, 5.41) is 35.0. The van der Waals surface area contributed by atoms with Gasteiger partial charge in [-0.25, -0.2) is 0 Å². The normalized spacial score (nSPS) is 11.5. The number of aliphatic hydroxyl groups is 1. The van der Waals surface area contributed by atoms with Crippen LogP contribution in [0, 0.1) is 0 Å². The van der Waals surface area contributed by atoms with Crippen molar-refractivity contribution in [2.75, 3.05) is 0 Å². The molecule has 0 fully saturated rings. The monoisotopic (exact) mass is 283 g/mol. The van der Waals surface area contributed by atoms with Crippen LogP contribution in [0.2, 0.25) is 0 Å². The van der Waals surface area contributed by atoms with E-state index in [1.807, 2.05) is 0 Å². The van der Waals surface area contributed by atoms with E-state index in [-0.39, 0.29) is 80.9 Å². The van der Waals surface area contributed by atoms with Crippen LogP contribution in [0.25, 0.3) is 0 Å². The Bertz CT molecular complexity index is 248. The smallest absolute Gasteiger partial charge is 0.548 e. The van der Waals surface area contributed by atoms with Gasteiger partial charge in [-0.2, -0.15) is 0 Å². The van der Waals surface area contributed by atoms with E-state index in [9.17, 15) is 24.6 Å². The van der Waals surface area contributed by atoms with Crippen LogP contribution in [-0.4, -0.2) is 40.3 Å². The molecule has 0 rings (SSSR count). The maximum atomic E-state index is 9.74. The Labute approximate surface area is 162 Å². The maximum absolute atomic E-state index is 9.74. The Morgan fingerprint density at radius 3 is 1.59 bits per heavy atom. The standard InChI is InChI=1S/C4H7NO4.C3H6O3.K.Na/c5-2(4(8)9)1-3(6)7;1-2(4)3(5)6;;/h2H,1,5H2,(H,6,7)(H,8,9);2,4H,1H3,(H,5,6);;/q;;2*+1/p-2/t2-;;;/m0.../s1. The number of rotatable bonds is 4. The zero-order chi connectivity index (χ0) is 12.6. The van der Waals surface area contributed by atoms with Gasteiger partial charge in [-0.05, 0) is 6.92 Å². The first kappa shape index (κ1) is 26.5. The Kier molecular flexibility index (Phi) is 23.4. The molecule has 0 aromatic heterocycles. The first-order chi connectivity index (χ1) is 6.68. The Balaban J connectivity index is -0.0000000945. The number of carbonyl (C=O) groups excluding carboxylic acids is 2. The summed E-state index contributed by atoms with van der Waals surface area (Å²) in [7, 11) is 0. The minimum atomic E-state index is -1.54. The van der Waals surface area contributed by atoms with E-state index in [1.54, 1.807) is 0 Å². The maximum Gasteiger partial charge on any atom is 1.00 e. The number of carboxylic acids is 3. The van der Waals surface area contributed by atoms with E-state index in [4.69, 9.17) is 15.9 Å². The van der Waals surface area contributed by atoms with Gasteiger partial charge in [0.25, 0.3) is 0 Å². The number of aliphatic hydroxyl groups excluding tert-OH is 1. The molecule has 0 radical (unpaired) electrons. The first-order valence-corrected chi connectivity index (χ1v) is 3.75. The number of carboxylic acid groups (broad SMARTS) is 3. The summed E-state index contributed by atoms with van der Waals surface area (Å²) in [6.07, 6.45) is -1.94. The summed E-state index contributed by atoms with van der Waals surface area (Å²) >= 11 is 0. The molecule has 0 aliphatic heterocycles. The molecule has 0 aromatic carbocycles. The molecule has 10 heteroatoms. The molecule has 1 unspecified atom stereocenters. The fourth-order valence-electron chi connectivity index (χ4n) is 0.271. The Hall–Kier alpha value is 0.966. The minimum Gasteiger partial charge on any atom is -0.548 e. The zero-order valence-electron chi connectivity index (χ0n) is 9.87. The number of carbonyl (C=O) groups is 3. The third-order valence-corrected chi connectivity index (χ3v) is 1.04. The van der Waals surface area contributed by atoms with Gasteiger partial charge in [-0.1, -0.05) is 0 Å². The molecule has 17 heavy (non-hydrogen) atoms. The molecule has 0 aliphatic carbocycles. The van der Waals surface area contributed by atoms with Gasteiger partial charge in [0.2, 0.25) is 0 Å². The largest absolute Gasteiger partial charge is 1.00 e. The van der Waals surface area contributed by atoms with Gasteiger partial charge >= 0.3 is 86.9 Å². The minimum absolute atomic E-state index is 0. The van der Waals surface area contributed by atoms with Gasteiger partial charge in [0, 0.05) is 0 Å². The number of aliphatic carboxylic acids is 3. The van der Waals surface area contributed by atoms with Crippen LogP contribution in [0.3, 0.4) is 0 Å². The van der Waals surface area contributed by atoms with Crippen molar-refractivity contribution >= 4 is 17.9 Å². The van der Waals surface area contributed by atoms with Crippen molar-refractivity contribution in [2.45, 2.75) is 25.5 Å². The van der Waals surface area contributed by atoms with Crippen LogP contribution in [0.15, 0.2) is 0 Å². The van der Waals surface area contributed by atoms with Crippen LogP contribution < -0.4 is 96.9 Å². The van der Waals surface area contributed by atoms with E-state index in [0.717, 1.165) is 6.92 Å². The van der Waals surface area contributed by atoms with Crippen LogP contribution in [-0.2, 0) is 14.4 Å². The topological polar surface area (TPSA) is 164 Å². The molecule has 0 saturated heterocycles. The Morgan fingerprint density at radius 1 is 1.24 bits per heavy atom. The van der Waals surface area contributed by atoms with E-state index < -0.39 is 36.5 Å². The van der Waals surface area contributed by atoms with Crippen LogP contribution in [0.4, 0.5) is 0 Å². The summed E-state index contributed by atoms with van der Waals surface area (Å²) in [5.41, 5.74) is 4.77. The molecule has 88 valence electrons. The molecule has 8 nitrogen and oxygen atoms in total. The average molecular weight is 283 g/mol. The van der Waals surface area contributed by atoms with E-state index in [2.05, 4.69) is 0 Å². The quantitative estimate of drug-likeness (QED) is 0.428. The molecular formula is C7H11KNNaO7.